The lowest BCUT2D eigenvalue weighted by atomic mass is 10.2. The number of likely N-dealkylation sites (N-methyl/N-ethyl adjacent to an activating group) is 1. The molecule has 1 rings (SSSR count). The van der Waals surface area contributed by atoms with Crippen molar-refractivity contribution in [3.8, 4) is 11.8 Å². The van der Waals surface area contributed by atoms with Crippen LogP contribution in [-0.2, 0) is 0 Å². The van der Waals surface area contributed by atoms with Gasteiger partial charge in [-0.2, -0.15) is 0 Å². The number of nitrogens with one attached hydrogen (secondary N) is 1. The standard InChI is InChI=1S/C10H11IN2/c1-8-4-3-5-9(7-6-8)10(12)13(2)11/h6-7,12H,4H2,1-2H3. The molecule has 3 heteroatoms. The van der Waals surface area contributed by atoms with E-state index >= 15 is 0 Å². The third-order valence-electron chi connectivity index (χ3n) is 1.69. The zero-order chi connectivity index (χ0) is 9.84. The Bertz CT molecular complexity index is 340. The lowest BCUT2D eigenvalue weighted by molar-refractivity contribution is 0.896. The molecule has 1 N–H and O–H groups in total. The summed E-state index contributed by atoms with van der Waals surface area (Å²) in [5.41, 5.74) is 2.03. The van der Waals surface area contributed by atoms with Crippen molar-refractivity contribution in [1.82, 2.24) is 3.11 Å². The lowest BCUT2D eigenvalue weighted by Crippen LogP contribution is -2.16. The minimum atomic E-state index is 0.457. The molecule has 0 amide bonds. The van der Waals surface area contributed by atoms with Crippen molar-refractivity contribution in [2.24, 2.45) is 0 Å². The molecule has 0 aromatic carbocycles. The van der Waals surface area contributed by atoms with Crippen LogP contribution in [0.1, 0.15) is 13.3 Å². The number of amidine groups is 1. The van der Waals surface area contributed by atoms with E-state index in [1.807, 2.05) is 26.1 Å². The summed E-state index contributed by atoms with van der Waals surface area (Å²) < 4.78 is 1.73. The van der Waals surface area contributed by atoms with Crippen molar-refractivity contribution in [3.05, 3.63) is 23.3 Å². The number of hydrogen-bond acceptors (Lipinski definition) is 1. The molecule has 0 aromatic rings. The summed E-state index contributed by atoms with van der Waals surface area (Å²) >= 11 is 2.07. The number of nitrogens with zero attached hydrogens (tertiary/aromatic N) is 1. The minimum absolute atomic E-state index is 0.457. The van der Waals surface area contributed by atoms with Crippen molar-refractivity contribution < 1.29 is 0 Å². The summed E-state index contributed by atoms with van der Waals surface area (Å²) in [5.74, 6) is 6.46. The number of rotatable bonds is 1. The van der Waals surface area contributed by atoms with Crippen LogP contribution in [0.3, 0.4) is 0 Å². The Morgan fingerprint density at radius 2 is 2.31 bits per heavy atom. The van der Waals surface area contributed by atoms with Crippen molar-refractivity contribution in [2.45, 2.75) is 13.3 Å². The van der Waals surface area contributed by atoms with Crippen molar-refractivity contribution >= 4 is 28.7 Å². The number of halogens is 1. The molecule has 0 saturated carbocycles. The fourth-order valence-corrected chi connectivity index (χ4v) is 1.17. The Kier molecular flexibility index (Phi) is 3.55. The van der Waals surface area contributed by atoms with Gasteiger partial charge in [-0.05, 0) is 13.0 Å². The highest BCUT2D eigenvalue weighted by Crippen LogP contribution is 2.09. The van der Waals surface area contributed by atoms with E-state index < -0.39 is 0 Å². The van der Waals surface area contributed by atoms with Gasteiger partial charge in [0.05, 0.1) is 28.4 Å². The summed E-state index contributed by atoms with van der Waals surface area (Å²) in [4.78, 5) is 0. The van der Waals surface area contributed by atoms with Gasteiger partial charge in [0.15, 0.2) is 0 Å². The maximum Gasteiger partial charge on any atom is 0.145 e. The normalized spacial score (nSPS) is 14.7. The van der Waals surface area contributed by atoms with Crippen LogP contribution in [0, 0.1) is 17.3 Å². The van der Waals surface area contributed by atoms with E-state index in [9.17, 15) is 0 Å². The van der Waals surface area contributed by atoms with E-state index in [1.165, 1.54) is 5.57 Å². The lowest BCUT2D eigenvalue weighted by Gasteiger charge is -2.09. The molecule has 13 heavy (non-hydrogen) atoms. The van der Waals surface area contributed by atoms with E-state index in [1.54, 1.807) is 3.11 Å². The molecule has 0 heterocycles. The Labute approximate surface area is 92.7 Å². The molecule has 0 saturated heterocycles. The van der Waals surface area contributed by atoms with Crippen LogP contribution in [0.15, 0.2) is 23.3 Å². The highest BCUT2D eigenvalue weighted by Gasteiger charge is 2.05. The van der Waals surface area contributed by atoms with E-state index in [4.69, 9.17) is 5.41 Å². The summed E-state index contributed by atoms with van der Waals surface area (Å²) in [7, 11) is 1.84. The summed E-state index contributed by atoms with van der Waals surface area (Å²) in [5, 5.41) is 7.72. The Morgan fingerprint density at radius 3 is 2.92 bits per heavy atom. The summed E-state index contributed by atoms with van der Waals surface area (Å²) in [6.45, 7) is 2.05. The van der Waals surface area contributed by atoms with Crippen molar-refractivity contribution in [3.63, 3.8) is 0 Å². The third kappa shape index (κ3) is 2.88. The number of allylic oxidation sites excluding steroid dienone is 3. The Balaban J connectivity index is 2.91. The van der Waals surface area contributed by atoms with Crippen LogP contribution in [0.4, 0.5) is 0 Å². The van der Waals surface area contributed by atoms with Gasteiger partial charge in [0.25, 0.3) is 0 Å². The molecule has 0 spiro atoms. The van der Waals surface area contributed by atoms with Crippen LogP contribution in [0.25, 0.3) is 0 Å². The first kappa shape index (κ1) is 10.3. The van der Waals surface area contributed by atoms with Gasteiger partial charge < -0.3 is 3.11 Å². The second-order valence-corrected chi connectivity index (χ2v) is 4.34. The van der Waals surface area contributed by atoms with Crippen LogP contribution in [0.2, 0.25) is 0 Å². The van der Waals surface area contributed by atoms with Crippen molar-refractivity contribution in [1.29, 1.82) is 5.41 Å². The summed E-state index contributed by atoms with van der Waals surface area (Å²) in [6.07, 6.45) is 4.72. The zero-order valence-corrected chi connectivity index (χ0v) is 9.84. The molecule has 0 bridgehead atoms. The predicted molar refractivity (Wildman–Crippen MR) is 63.7 cm³/mol. The SMILES string of the molecule is CC1=CC=C(C(=N)N(C)I)C#CC1. The number of hydrogen-bond donors (Lipinski definition) is 1. The molecule has 0 fully saturated rings. The van der Waals surface area contributed by atoms with Gasteiger partial charge >= 0.3 is 0 Å². The van der Waals surface area contributed by atoms with E-state index in [-0.39, 0.29) is 0 Å². The molecule has 1 aliphatic carbocycles. The molecule has 68 valence electrons. The smallest absolute Gasteiger partial charge is 0.145 e. The molecule has 2 nitrogen and oxygen atoms in total. The minimum Gasteiger partial charge on any atom is -0.302 e. The largest absolute Gasteiger partial charge is 0.302 e. The second kappa shape index (κ2) is 4.47. The first-order chi connectivity index (χ1) is 6.11. The van der Waals surface area contributed by atoms with Gasteiger partial charge in [-0.15, -0.1) is 0 Å². The van der Waals surface area contributed by atoms with Gasteiger partial charge in [0.2, 0.25) is 0 Å². The van der Waals surface area contributed by atoms with E-state index in [2.05, 4.69) is 34.7 Å². The quantitative estimate of drug-likeness (QED) is 0.259. The van der Waals surface area contributed by atoms with Crippen molar-refractivity contribution in [2.75, 3.05) is 7.05 Å². The molecular weight excluding hydrogens is 275 g/mol. The second-order valence-electron chi connectivity index (χ2n) is 2.90. The topological polar surface area (TPSA) is 27.1 Å². The van der Waals surface area contributed by atoms with Gasteiger partial charge in [-0.1, -0.05) is 23.5 Å². The fraction of sp³-hybridized carbons (Fsp3) is 0.300. The van der Waals surface area contributed by atoms with Crippen LogP contribution >= 0.6 is 22.9 Å². The monoisotopic (exact) mass is 286 g/mol. The summed E-state index contributed by atoms with van der Waals surface area (Å²) in [6, 6.07) is 0. The predicted octanol–water partition coefficient (Wildman–Crippen LogP) is 2.53. The van der Waals surface area contributed by atoms with Crippen LogP contribution in [0.5, 0.6) is 0 Å². The van der Waals surface area contributed by atoms with Crippen LogP contribution < -0.4 is 0 Å². The van der Waals surface area contributed by atoms with E-state index in [0.29, 0.717) is 5.84 Å². The Morgan fingerprint density at radius 1 is 1.62 bits per heavy atom. The average molecular weight is 286 g/mol. The third-order valence-corrected chi connectivity index (χ3v) is 2.17. The van der Waals surface area contributed by atoms with Crippen LogP contribution in [-0.4, -0.2) is 16.0 Å². The molecule has 1 aliphatic rings. The zero-order valence-electron chi connectivity index (χ0n) is 7.69. The first-order valence-corrected chi connectivity index (χ1v) is 4.92. The van der Waals surface area contributed by atoms with E-state index in [0.717, 1.165) is 12.0 Å². The molecule has 0 aliphatic heterocycles. The molecule has 0 radical (unpaired) electrons. The fourth-order valence-electron chi connectivity index (χ4n) is 0.909. The van der Waals surface area contributed by atoms with Gasteiger partial charge in [0.1, 0.15) is 5.84 Å². The highest BCUT2D eigenvalue weighted by molar-refractivity contribution is 14.1. The average Bonchev–Trinajstić information content (AvgIpc) is 2.28. The molecular formula is C10H11IN2. The molecule has 0 aromatic heterocycles. The highest BCUT2D eigenvalue weighted by atomic mass is 127. The van der Waals surface area contributed by atoms with Gasteiger partial charge in [-0.25, -0.2) is 0 Å². The maximum atomic E-state index is 7.72. The molecule has 0 atom stereocenters. The Hall–Kier alpha value is -0.760. The first-order valence-electron chi connectivity index (χ1n) is 3.96. The van der Waals surface area contributed by atoms with Gasteiger partial charge in [0, 0.05) is 13.5 Å². The van der Waals surface area contributed by atoms with Gasteiger partial charge in [-0.3, -0.25) is 5.41 Å². The maximum absolute atomic E-state index is 7.72. The molecule has 0 unspecified atom stereocenters.